The van der Waals surface area contributed by atoms with Crippen LogP contribution in [-0.2, 0) is 6.54 Å². The second-order valence-electron chi connectivity index (χ2n) is 9.97. The Morgan fingerprint density at radius 3 is 2.47 bits per heavy atom. The molecular weight excluding hydrogens is 457 g/mol. The van der Waals surface area contributed by atoms with Gasteiger partial charge in [-0.2, -0.15) is 0 Å². The fraction of sp³-hybridized carbons (Fsp3) is 0.345. The van der Waals surface area contributed by atoms with Gasteiger partial charge in [-0.15, -0.1) is 0 Å². The van der Waals surface area contributed by atoms with Crippen LogP contribution in [0.15, 0.2) is 78.9 Å². The van der Waals surface area contributed by atoms with Crippen LogP contribution in [0.4, 0.5) is 10.1 Å². The Labute approximate surface area is 211 Å². The molecule has 1 saturated heterocycles. The lowest BCUT2D eigenvalue weighted by Gasteiger charge is -2.30. The van der Waals surface area contributed by atoms with Crippen molar-refractivity contribution >= 4 is 11.6 Å². The Hall–Kier alpha value is -3.58. The van der Waals surface area contributed by atoms with E-state index in [1.54, 1.807) is 24.3 Å². The molecule has 1 fully saturated rings. The molecule has 0 aliphatic carbocycles. The Bertz CT molecular complexity index is 1200. The van der Waals surface area contributed by atoms with Gasteiger partial charge < -0.3 is 4.90 Å². The smallest absolute Gasteiger partial charge is 0.273 e. The van der Waals surface area contributed by atoms with E-state index < -0.39 is 0 Å². The molecule has 188 valence electrons. The van der Waals surface area contributed by atoms with Crippen LogP contribution < -0.4 is 0 Å². The maximum atomic E-state index is 14.2. The maximum Gasteiger partial charge on any atom is 0.273 e. The van der Waals surface area contributed by atoms with Gasteiger partial charge >= 0.3 is 0 Å². The number of halogens is 1. The highest BCUT2D eigenvalue weighted by atomic mass is 19.1. The van der Waals surface area contributed by atoms with E-state index in [9.17, 15) is 19.3 Å². The van der Waals surface area contributed by atoms with Crippen molar-refractivity contribution in [2.45, 2.75) is 26.3 Å². The summed E-state index contributed by atoms with van der Waals surface area (Å²) < 4.78 is 14.2. The highest BCUT2D eigenvalue weighted by Crippen LogP contribution is 2.35. The van der Waals surface area contributed by atoms with Gasteiger partial charge in [-0.05, 0) is 41.7 Å². The normalized spacial score (nSPS) is 17.9. The molecule has 1 aliphatic heterocycles. The van der Waals surface area contributed by atoms with Crippen molar-refractivity contribution in [3.05, 3.63) is 111 Å². The first-order valence-corrected chi connectivity index (χ1v) is 12.4. The molecule has 0 N–H and O–H groups in total. The highest BCUT2D eigenvalue weighted by molar-refractivity contribution is 5.94. The lowest BCUT2D eigenvalue weighted by atomic mass is 9.88. The van der Waals surface area contributed by atoms with Crippen LogP contribution in [0.2, 0.25) is 0 Å². The summed E-state index contributed by atoms with van der Waals surface area (Å²) in [5.41, 5.74) is 2.29. The minimum atomic E-state index is -0.351. The maximum absolute atomic E-state index is 14.2. The molecule has 36 heavy (non-hydrogen) atoms. The van der Waals surface area contributed by atoms with Crippen LogP contribution in [0, 0.1) is 27.8 Å². The minimum absolute atomic E-state index is 0.00158. The summed E-state index contributed by atoms with van der Waals surface area (Å²) >= 11 is 0. The largest absolute Gasteiger partial charge is 0.338 e. The summed E-state index contributed by atoms with van der Waals surface area (Å²) in [6.45, 7) is 7.04. The number of benzene rings is 3. The van der Waals surface area contributed by atoms with E-state index in [0.717, 1.165) is 5.56 Å². The summed E-state index contributed by atoms with van der Waals surface area (Å²) in [5.74, 6) is 0.0414. The van der Waals surface area contributed by atoms with Gasteiger partial charge in [-0.3, -0.25) is 19.8 Å². The third-order valence-electron chi connectivity index (χ3n) is 6.72. The topological polar surface area (TPSA) is 66.7 Å². The van der Waals surface area contributed by atoms with E-state index in [2.05, 4.69) is 18.7 Å². The number of hydrogen-bond acceptors (Lipinski definition) is 4. The first-order chi connectivity index (χ1) is 17.3. The average molecular weight is 490 g/mol. The number of carbonyl (C=O) groups excluding carboxylic acids is 1. The van der Waals surface area contributed by atoms with E-state index in [4.69, 9.17) is 0 Å². The van der Waals surface area contributed by atoms with Gasteiger partial charge in [0.1, 0.15) is 5.82 Å². The molecule has 4 rings (SSSR count). The van der Waals surface area contributed by atoms with Crippen molar-refractivity contribution in [2.24, 2.45) is 11.8 Å². The predicted octanol–water partition coefficient (Wildman–Crippen LogP) is 5.75. The second kappa shape index (κ2) is 11.4. The molecule has 0 bridgehead atoms. The SMILES string of the molecule is CC(C)CN(CC1CN(Cc2ccccc2[N+](=O)[O-])CC1c1cccc(F)c1)C(=O)c1ccccc1. The van der Waals surface area contributed by atoms with Crippen LogP contribution >= 0.6 is 0 Å². The molecule has 0 aromatic heterocycles. The van der Waals surface area contributed by atoms with Crippen molar-refractivity contribution in [3.63, 3.8) is 0 Å². The molecule has 6 nitrogen and oxygen atoms in total. The van der Waals surface area contributed by atoms with Crippen LogP contribution in [0.5, 0.6) is 0 Å². The lowest BCUT2D eigenvalue weighted by molar-refractivity contribution is -0.385. The number of likely N-dealkylation sites (tertiary alicyclic amines) is 1. The molecule has 2 atom stereocenters. The molecule has 0 saturated carbocycles. The number of nitro benzene ring substituents is 1. The number of nitro groups is 1. The Kier molecular flexibility index (Phi) is 8.10. The lowest BCUT2D eigenvalue weighted by Crippen LogP contribution is -2.39. The van der Waals surface area contributed by atoms with E-state index in [1.165, 1.54) is 12.1 Å². The average Bonchev–Trinajstić information content (AvgIpc) is 3.25. The fourth-order valence-electron chi connectivity index (χ4n) is 5.18. The van der Waals surface area contributed by atoms with Crippen LogP contribution in [0.3, 0.4) is 0 Å². The van der Waals surface area contributed by atoms with Gasteiger partial charge in [0.2, 0.25) is 0 Å². The van der Waals surface area contributed by atoms with Gasteiger partial charge in [-0.1, -0.05) is 62.4 Å². The second-order valence-corrected chi connectivity index (χ2v) is 9.97. The first kappa shape index (κ1) is 25.5. The number of rotatable bonds is 9. The van der Waals surface area contributed by atoms with Crippen LogP contribution in [0.1, 0.15) is 41.3 Å². The van der Waals surface area contributed by atoms with Crippen molar-refractivity contribution < 1.29 is 14.1 Å². The molecule has 1 amide bonds. The van der Waals surface area contributed by atoms with Crippen molar-refractivity contribution in [3.8, 4) is 0 Å². The summed E-state index contributed by atoms with van der Waals surface area (Å²) in [4.78, 5) is 28.7. The van der Waals surface area contributed by atoms with E-state index in [0.29, 0.717) is 43.9 Å². The molecule has 7 heteroatoms. The zero-order valence-corrected chi connectivity index (χ0v) is 20.7. The third kappa shape index (κ3) is 6.15. The fourth-order valence-corrected chi connectivity index (χ4v) is 5.18. The quantitative estimate of drug-likeness (QED) is 0.284. The van der Waals surface area contributed by atoms with E-state index in [1.807, 2.05) is 47.4 Å². The highest BCUT2D eigenvalue weighted by Gasteiger charge is 2.36. The van der Waals surface area contributed by atoms with E-state index >= 15 is 0 Å². The predicted molar refractivity (Wildman–Crippen MR) is 138 cm³/mol. The number of para-hydroxylation sites is 1. The molecule has 1 aliphatic rings. The monoisotopic (exact) mass is 489 g/mol. The van der Waals surface area contributed by atoms with Crippen molar-refractivity contribution in [2.75, 3.05) is 26.2 Å². The molecule has 0 radical (unpaired) electrons. The van der Waals surface area contributed by atoms with Gasteiger partial charge in [0.25, 0.3) is 11.6 Å². The zero-order valence-electron chi connectivity index (χ0n) is 20.7. The molecule has 0 spiro atoms. The zero-order chi connectivity index (χ0) is 25.7. The third-order valence-corrected chi connectivity index (χ3v) is 6.72. The van der Waals surface area contributed by atoms with Gasteiger partial charge in [0, 0.05) is 55.8 Å². The Balaban J connectivity index is 1.61. The van der Waals surface area contributed by atoms with Gasteiger partial charge in [0.05, 0.1) is 4.92 Å². The van der Waals surface area contributed by atoms with Crippen molar-refractivity contribution in [1.82, 2.24) is 9.80 Å². The molecule has 1 heterocycles. The number of carbonyl (C=O) groups is 1. The van der Waals surface area contributed by atoms with E-state index in [-0.39, 0.29) is 40.1 Å². The minimum Gasteiger partial charge on any atom is -0.338 e. The number of hydrogen-bond donors (Lipinski definition) is 0. The summed E-state index contributed by atoms with van der Waals surface area (Å²) in [7, 11) is 0. The summed E-state index contributed by atoms with van der Waals surface area (Å²) in [6.07, 6.45) is 0. The molecule has 3 aromatic carbocycles. The van der Waals surface area contributed by atoms with Gasteiger partial charge in [0.15, 0.2) is 0 Å². The first-order valence-electron chi connectivity index (χ1n) is 12.4. The standard InChI is InChI=1S/C29H32FN3O3/c1-21(2)16-32(29(34)22-9-4-3-5-10-22)19-25-18-31(17-24-11-6-7-14-28(24)33(35)36)20-27(25)23-12-8-13-26(30)15-23/h3-15,21,25,27H,16-20H2,1-2H3. The molecule has 2 unspecified atom stereocenters. The van der Waals surface area contributed by atoms with Crippen molar-refractivity contribution in [1.29, 1.82) is 0 Å². The molecule has 3 aromatic rings. The molecular formula is C29H32FN3O3. The number of amides is 1. The number of nitrogens with zero attached hydrogens (tertiary/aromatic N) is 3. The van der Waals surface area contributed by atoms with Crippen LogP contribution in [0.25, 0.3) is 0 Å². The Morgan fingerprint density at radius 2 is 1.78 bits per heavy atom. The summed E-state index contributed by atoms with van der Waals surface area (Å²) in [6, 6.07) is 22.7. The van der Waals surface area contributed by atoms with Crippen LogP contribution in [-0.4, -0.2) is 46.8 Å². The Morgan fingerprint density at radius 1 is 1.06 bits per heavy atom. The summed E-state index contributed by atoms with van der Waals surface area (Å²) in [5, 5.41) is 11.5. The van der Waals surface area contributed by atoms with Gasteiger partial charge in [-0.25, -0.2) is 4.39 Å².